The first kappa shape index (κ1) is 9.01. The maximum atomic E-state index is 3.73. The van der Waals surface area contributed by atoms with Gasteiger partial charge in [-0.2, -0.15) is 7.05 Å². The second-order valence-corrected chi connectivity index (χ2v) is 3.44. The predicted molar refractivity (Wildman–Crippen MR) is 47.0 cm³/mol. The molecule has 2 N–H and O–H groups in total. The van der Waals surface area contributed by atoms with Crippen LogP contribution in [0.2, 0.25) is 0 Å². The van der Waals surface area contributed by atoms with Gasteiger partial charge in [-0.1, -0.05) is 13.3 Å². The molecule has 0 spiro atoms. The first-order valence-electron chi connectivity index (χ1n) is 4.70. The van der Waals surface area contributed by atoms with Crippen LogP contribution in [0.15, 0.2) is 0 Å². The summed E-state index contributed by atoms with van der Waals surface area (Å²) in [6, 6.07) is 0. The van der Waals surface area contributed by atoms with Crippen LogP contribution in [0.5, 0.6) is 0 Å². The summed E-state index contributed by atoms with van der Waals surface area (Å²) >= 11 is 0. The first-order chi connectivity index (χ1) is 5.36. The summed E-state index contributed by atoms with van der Waals surface area (Å²) in [6.45, 7) is 7.30. The zero-order valence-corrected chi connectivity index (χ0v) is 7.55. The van der Waals surface area contributed by atoms with Crippen LogP contribution < -0.4 is 5.32 Å². The largest absolute Gasteiger partial charge is 0.478 e. The first-order valence-corrected chi connectivity index (χ1v) is 4.70. The van der Waals surface area contributed by atoms with E-state index in [2.05, 4.69) is 18.9 Å². The van der Waals surface area contributed by atoms with Crippen molar-refractivity contribution >= 4 is 0 Å². The number of nitrogens with zero attached hydrogens (tertiary/aromatic N) is 1. The van der Waals surface area contributed by atoms with Crippen LogP contribution in [0.25, 0.3) is 0 Å². The zero-order chi connectivity index (χ0) is 8.10. The molecular formula is C9H20N2. The molecule has 0 saturated carbocycles. The standard InChI is InChI=1S/C9H20N2/c1-3-9-4-6-11(8-9)7-5-10-2/h9H,2-8,10H2,1H3/t9-/m0/s1. The third-order valence-corrected chi connectivity index (χ3v) is 2.60. The Hall–Kier alpha value is -0.0800. The van der Waals surface area contributed by atoms with Gasteiger partial charge in [0.05, 0.1) is 6.54 Å². The van der Waals surface area contributed by atoms with Gasteiger partial charge in [-0.15, -0.1) is 0 Å². The highest BCUT2D eigenvalue weighted by Crippen LogP contribution is 2.17. The number of hydrogen-bond acceptors (Lipinski definition) is 1. The summed E-state index contributed by atoms with van der Waals surface area (Å²) in [7, 11) is 3.73. The SMILES string of the molecule is [CH2-][NH2+]CCN1CC[C@H](CC)C1. The van der Waals surface area contributed by atoms with Gasteiger partial charge in [-0.05, 0) is 18.9 Å². The minimum absolute atomic E-state index is 0.972. The maximum absolute atomic E-state index is 3.73. The molecule has 0 aromatic heterocycles. The van der Waals surface area contributed by atoms with Gasteiger partial charge in [0, 0.05) is 13.1 Å². The molecule has 1 fully saturated rings. The van der Waals surface area contributed by atoms with Gasteiger partial charge in [0.15, 0.2) is 0 Å². The summed E-state index contributed by atoms with van der Waals surface area (Å²) in [6.07, 6.45) is 2.76. The van der Waals surface area contributed by atoms with Crippen LogP contribution in [0.4, 0.5) is 0 Å². The van der Waals surface area contributed by atoms with E-state index in [1.54, 1.807) is 0 Å². The molecular weight excluding hydrogens is 136 g/mol. The lowest BCUT2D eigenvalue weighted by Gasteiger charge is -2.14. The van der Waals surface area contributed by atoms with E-state index >= 15 is 0 Å². The molecule has 1 atom stereocenters. The Morgan fingerprint density at radius 3 is 3.00 bits per heavy atom. The molecule has 1 rings (SSSR count). The van der Waals surface area contributed by atoms with Crippen molar-refractivity contribution < 1.29 is 5.32 Å². The topological polar surface area (TPSA) is 19.9 Å². The van der Waals surface area contributed by atoms with Gasteiger partial charge >= 0.3 is 0 Å². The highest BCUT2D eigenvalue weighted by molar-refractivity contribution is 4.73. The normalized spacial score (nSPS) is 26.2. The fraction of sp³-hybridized carbons (Fsp3) is 0.889. The van der Waals surface area contributed by atoms with Crippen LogP contribution in [-0.4, -0.2) is 31.1 Å². The van der Waals surface area contributed by atoms with Gasteiger partial charge in [0.2, 0.25) is 0 Å². The third-order valence-electron chi connectivity index (χ3n) is 2.60. The van der Waals surface area contributed by atoms with Crippen molar-refractivity contribution in [3.63, 3.8) is 0 Å². The van der Waals surface area contributed by atoms with Crippen LogP contribution in [0.1, 0.15) is 19.8 Å². The van der Waals surface area contributed by atoms with Crippen LogP contribution >= 0.6 is 0 Å². The van der Waals surface area contributed by atoms with Crippen molar-refractivity contribution in [2.75, 3.05) is 26.2 Å². The molecule has 1 heterocycles. The van der Waals surface area contributed by atoms with Crippen molar-refractivity contribution in [1.29, 1.82) is 0 Å². The molecule has 0 aromatic rings. The average molecular weight is 156 g/mol. The lowest BCUT2D eigenvalue weighted by atomic mass is 10.1. The molecule has 0 radical (unpaired) electrons. The Bertz CT molecular complexity index is 104. The highest BCUT2D eigenvalue weighted by atomic mass is 15.2. The van der Waals surface area contributed by atoms with E-state index in [0.717, 1.165) is 12.5 Å². The average Bonchev–Trinajstić information content (AvgIpc) is 2.48. The molecule has 2 heteroatoms. The smallest absolute Gasteiger partial charge is 0.0645 e. The molecule has 1 aliphatic heterocycles. The monoisotopic (exact) mass is 156 g/mol. The van der Waals surface area contributed by atoms with E-state index in [1.807, 2.05) is 5.32 Å². The Morgan fingerprint density at radius 1 is 1.64 bits per heavy atom. The maximum Gasteiger partial charge on any atom is 0.0645 e. The van der Waals surface area contributed by atoms with Gasteiger partial charge < -0.3 is 5.32 Å². The van der Waals surface area contributed by atoms with Crippen LogP contribution in [0, 0.1) is 13.0 Å². The number of nitrogens with two attached hydrogens (primary N) is 1. The third kappa shape index (κ3) is 2.80. The lowest BCUT2D eigenvalue weighted by molar-refractivity contribution is -0.595. The molecule has 0 unspecified atom stereocenters. The molecule has 0 amide bonds. The second-order valence-electron chi connectivity index (χ2n) is 3.44. The van der Waals surface area contributed by atoms with E-state index < -0.39 is 0 Å². The summed E-state index contributed by atoms with van der Waals surface area (Å²) in [4.78, 5) is 2.55. The van der Waals surface area contributed by atoms with Crippen molar-refractivity contribution in [2.24, 2.45) is 5.92 Å². The fourth-order valence-electron chi connectivity index (χ4n) is 1.72. The summed E-state index contributed by atoms with van der Waals surface area (Å²) < 4.78 is 0. The molecule has 0 bridgehead atoms. The number of hydrogen-bond donors (Lipinski definition) is 1. The van der Waals surface area contributed by atoms with Gasteiger partial charge in [0.1, 0.15) is 0 Å². The van der Waals surface area contributed by atoms with Gasteiger partial charge in [-0.25, -0.2) is 0 Å². The van der Waals surface area contributed by atoms with E-state index in [4.69, 9.17) is 0 Å². The number of quaternary nitrogens is 1. The van der Waals surface area contributed by atoms with Gasteiger partial charge in [-0.3, -0.25) is 4.90 Å². The second kappa shape index (κ2) is 4.73. The van der Waals surface area contributed by atoms with Crippen molar-refractivity contribution in [2.45, 2.75) is 19.8 Å². The molecule has 1 aliphatic rings. The molecule has 0 aromatic carbocycles. The molecule has 11 heavy (non-hydrogen) atoms. The lowest BCUT2D eigenvalue weighted by Crippen LogP contribution is -2.78. The van der Waals surface area contributed by atoms with E-state index in [0.29, 0.717) is 0 Å². The van der Waals surface area contributed by atoms with E-state index in [1.165, 1.54) is 32.5 Å². The minimum Gasteiger partial charge on any atom is -0.478 e. The summed E-state index contributed by atoms with van der Waals surface area (Å²) in [5.74, 6) is 0.972. The van der Waals surface area contributed by atoms with Crippen LogP contribution in [0.3, 0.4) is 0 Å². The Kier molecular flexibility index (Phi) is 3.87. The molecule has 2 nitrogen and oxygen atoms in total. The van der Waals surface area contributed by atoms with Crippen LogP contribution in [-0.2, 0) is 0 Å². The zero-order valence-electron chi connectivity index (χ0n) is 7.55. The Labute approximate surface area is 70.0 Å². The van der Waals surface area contributed by atoms with Crippen molar-refractivity contribution in [3.8, 4) is 0 Å². The van der Waals surface area contributed by atoms with Gasteiger partial charge in [0.25, 0.3) is 0 Å². The summed E-state index contributed by atoms with van der Waals surface area (Å²) in [5, 5.41) is 2.01. The van der Waals surface area contributed by atoms with E-state index in [9.17, 15) is 0 Å². The summed E-state index contributed by atoms with van der Waals surface area (Å²) in [5.41, 5.74) is 0. The van der Waals surface area contributed by atoms with Crippen molar-refractivity contribution in [3.05, 3.63) is 7.05 Å². The Morgan fingerprint density at radius 2 is 2.45 bits per heavy atom. The molecule has 66 valence electrons. The molecule has 1 saturated heterocycles. The fourth-order valence-corrected chi connectivity index (χ4v) is 1.72. The number of likely N-dealkylation sites (tertiary alicyclic amines) is 1. The van der Waals surface area contributed by atoms with Crippen molar-refractivity contribution in [1.82, 2.24) is 4.90 Å². The molecule has 0 aliphatic carbocycles. The van der Waals surface area contributed by atoms with E-state index in [-0.39, 0.29) is 0 Å². The predicted octanol–water partition coefficient (Wildman–Crippen LogP) is 0.0733. The number of rotatable bonds is 4. The quantitative estimate of drug-likeness (QED) is 0.571. The highest BCUT2D eigenvalue weighted by Gasteiger charge is 2.19. The Balaban J connectivity index is 2.09. The minimum atomic E-state index is 0.972.